The minimum atomic E-state index is 0.000101. The Bertz CT molecular complexity index is 530. The van der Waals surface area contributed by atoms with Crippen LogP contribution in [-0.4, -0.2) is 12.5 Å². The molecule has 0 atom stereocenters. The molecule has 2 heteroatoms. The van der Waals surface area contributed by atoms with E-state index in [0.717, 1.165) is 18.4 Å². The molecule has 0 aromatic heterocycles. The molecule has 1 amide bonds. The average Bonchev–Trinajstić information content (AvgIpc) is 2.88. The highest BCUT2D eigenvalue weighted by Gasteiger charge is 2.12. The SMILES string of the molecule is CC(C)(C)Cc1ccc(C(=O)NCC2=CC=CC2)cc1. The zero-order chi connectivity index (χ0) is 14.6. The monoisotopic (exact) mass is 269 g/mol. The summed E-state index contributed by atoms with van der Waals surface area (Å²) >= 11 is 0. The molecular formula is C18H23NO. The van der Waals surface area contributed by atoms with Gasteiger partial charge in [-0.15, -0.1) is 0 Å². The second kappa shape index (κ2) is 6.08. The van der Waals surface area contributed by atoms with Crippen LogP contribution in [0.3, 0.4) is 0 Å². The highest BCUT2D eigenvalue weighted by Crippen LogP contribution is 2.20. The molecule has 0 spiro atoms. The van der Waals surface area contributed by atoms with Gasteiger partial charge >= 0.3 is 0 Å². The van der Waals surface area contributed by atoms with E-state index in [1.165, 1.54) is 11.1 Å². The number of amides is 1. The number of hydrogen-bond donors (Lipinski definition) is 1. The first-order valence-corrected chi connectivity index (χ1v) is 7.16. The van der Waals surface area contributed by atoms with E-state index in [0.29, 0.717) is 6.54 Å². The third-order valence-electron chi connectivity index (χ3n) is 3.27. The Morgan fingerprint density at radius 3 is 2.45 bits per heavy atom. The van der Waals surface area contributed by atoms with Gasteiger partial charge in [0, 0.05) is 12.1 Å². The molecule has 0 saturated heterocycles. The van der Waals surface area contributed by atoms with Crippen LogP contribution in [0.2, 0.25) is 0 Å². The molecule has 2 rings (SSSR count). The molecule has 2 nitrogen and oxygen atoms in total. The Morgan fingerprint density at radius 1 is 1.20 bits per heavy atom. The number of allylic oxidation sites excluding steroid dienone is 3. The minimum absolute atomic E-state index is 0.000101. The Morgan fingerprint density at radius 2 is 1.90 bits per heavy atom. The minimum Gasteiger partial charge on any atom is -0.348 e. The van der Waals surface area contributed by atoms with Crippen LogP contribution in [0.25, 0.3) is 0 Å². The van der Waals surface area contributed by atoms with Crippen molar-refractivity contribution in [1.29, 1.82) is 0 Å². The molecule has 0 bridgehead atoms. The smallest absolute Gasteiger partial charge is 0.251 e. The molecule has 0 unspecified atom stereocenters. The lowest BCUT2D eigenvalue weighted by Gasteiger charge is -2.18. The largest absolute Gasteiger partial charge is 0.348 e. The number of benzene rings is 1. The van der Waals surface area contributed by atoms with Gasteiger partial charge < -0.3 is 5.32 Å². The molecule has 1 aliphatic carbocycles. The van der Waals surface area contributed by atoms with E-state index < -0.39 is 0 Å². The van der Waals surface area contributed by atoms with Crippen molar-refractivity contribution < 1.29 is 4.79 Å². The molecule has 0 fully saturated rings. The van der Waals surface area contributed by atoms with Crippen molar-refractivity contribution in [3.8, 4) is 0 Å². The van der Waals surface area contributed by atoms with Crippen molar-refractivity contribution >= 4 is 5.91 Å². The summed E-state index contributed by atoms with van der Waals surface area (Å²) in [6.07, 6.45) is 8.16. The molecule has 0 saturated carbocycles. The molecule has 1 aromatic carbocycles. The summed E-state index contributed by atoms with van der Waals surface area (Å²) in [6, 6.07) is 7.93. The molecule has 106 valence electrons. The van der Waals surface area contributed by atoms with Crippen molar-refractivity contribution in [3.05, 3.63) is 59.2 Å². The van der Waals surface area contributed by atoms with E-state index in [-0.39, 0.29) is 11.3 Å². The van der Waals surface area contributed by atoms with Gasteiger partial charge in [0.2, 0.25) is 0 Å². The maximum absolute atomic E-state index is 12.0. The standard InChI is InChI=1S/C18H23NO/c1-18(2,3)12-14-8-10-16(11-9-14)17(20)19-13-15-6-4-5-7-15/h4-6,8-11H,7,12-13H2,1-3H3,(H,19,20). The summed E-state index contributed by atoms with van der Waals surface area (Å²) < 4.78 is 0. The van der Waals surface area contributed by atoms with E-state index in [1.54, 1.807) is 0 Å². The fourth-order valence-corrected chi connectivity index (χ4v) is 2.30. The zero-order valence-electron chi connectivity index (χ0n) is 12.6. The number of nitrogens with one attached hydrogen (secondary N) is 1. The summed E-state index contributed by atoms with van der Waals surface area (Å²) in [4.78, 5) is 12.0. The van der Waals surface area contributed by atoms with Crippen LogP contribution < -0.4 is 5.32 Å². The van der Waals surface area contributed by atoms with E-state index >= 15 is 0 Å². The second-order valence-corrected chi connectivity index (χ2v) is 6.57. The molecular weight excluding hydrogens is 246 g/mol. The number of carbonyl (C=O) groups excluding carboxylic acids is 1. The lowest BCUT2D eigenvalue weighted by atomic mass is 9.88. The maximum atomic E-state index is 12.0. The molecule has 0 radical (unpaired) electrons. The fourth-order valence-electron chi connectivity index (χ4n) is 2.30. The first kappa shape index (κ1) is 14.6. The third-order valence-corrected chi connectivity index (χ3v) is 3.27. The van der Waals surface area contributed by atoms with Gasteiger partial charge in [0.1, 0.15) is 0 Å². The van der Waals surface area contributed by atoms with Crippen LogP contribution in [0.4, 0.5) is 0 Å². The Balaban J connectivity index is 1.90. The van der Waals surface area contributed by atoms with Gasteiger partial charge in [-0.1, -0.05) is 51.1 Å². The average molecular weight is 269 g/mol. The molecule has 0 heterocycles. The number of hydrogen-bond acceptors (Lipinski definition) is 1. The van der Waals surface area contributed by atoms with Crippen molar-refractivity contribution in [1.82, 2.24) is 5.32 Å². The maximum Gasteiger partial charge on any atom is 0.251 e. The van der Waals surface area contributed by atoms with E-state index in [4.69, 9.17) is 0 Å². The highest BCUT2D eigenvalue weighted by molar-refractivity contribution is 5.94. The predicted molar refractivity (Wildman–Crippen MR) is 83.8 cm³/mol. The van der Waals surface area contributed by atoms with Crippen LogP contribution in [0, 0.1) is 5.41 Å². The van der Waals surface area contributed by atoms with Crippen molar-refractivity contribution in [2.45, 2.75) is 33.6 Å². The summed E-state index contributed by atoms with van der Waals surface area (Å²) in [5, 5.41) is 2.96. The number of rotatable bonds is 4. The van der Waals surface area contributed by atoms with Crippen LogP contribution in [-0.2, 0) is 6.42 Å². The lowest BCUT2D eigenvalue weighted by molar-refractivity contribution is 0.0957. The van der Waals surface area contributed by atoms with Crippen LogP contribution in [0.1, 0.15) is 43.1 Å². The summed E-state index contributed by atoms with van der Waals surface area (Å²) in [5.74, 6) is 0.000101. The van der Waals surface area contributed by atoms with Gasteiger partial charge in [0.15, 0.2) is 0 Å². The van der Waals surface area contributed by atoms with Gasteiger partial charge in [-0.05, 0) is 41.5 Å². The van der Waals surface area contributed by atoms with Crippen molar-refractivity contribution in [3.63, 3.8) is 0 Å². The second-order valence-electron chi connectivity index (χ2n) is 6.57. The van der Waals surface area contributed by atoms with Gasteiger partial charge in [0.25, 0.3) is 5.91 Å². The van der Waals surface area contributed by atoms with E-state index in [9.17, 15) is 4.79 Å². The van der Waals surface area contributed by atoms with Gasteiger partial charge in [0.05, 0.1) is 0 Å². The Labute approximate surface area is 121 Å². The van der Waals surface area contributed by atoms with Crippen LogP contribution in [0.5, 0.6) is 0 Å². The normalized spacial score (nSPS) is 14.2. The summed E-state index contributed by atoms with van der Waals surface area (Å²) in [6.45, 7) is 7.29. The Kier molecular flexibility index (Phi) is 4.43. The molecule has 1 aromatic rings. The van der Waals surface area contributed by atoms with E-state index in [2.05, 4.69) is 50.4 Å². The number of carbonyl (C=O) groups is 1. The highest BCUT2D eigenvalue weighted by atomic mass is 16.1. The lowest BCUT2D eigenvalue weighted by Crippen LogP contribution is -2.25. The van der Waals surface area contributed by atoms with Gasteiger partial charge in [-0.2, -0.15) is 0 Å². The van der Waals surface area contributed by atoms with Crippen LogP contribution in [0.15, 0.2) is 48.1 Å². The molecule has 1 N–H and O–H groups in total. The van der Waals surface area contributed by atoms with Gasteiger partial charge in [-0.3, -0.25) is 4.79 Å². The van der Waals surface area contributed by atoms with E-state index in [1.807, 2.05) is 18.2 Å². The zero-order valence-corrected chi connectivity index (χ0v) is 12.6. The summed E-state index contributed by atoms with van der Waals surface area (Å²) in [5.41, 5.74) is 3.53. The molecule has 20 heavy (non-hydrogen) atoms. The topological polar surface area (TPSA) is 29.1 Å². The predicted octanol–water partition coefficient (Wildman–Crippen LogP) is 3.89. The molecule has 1 aliphatic rings. The Hall–Kier alpha value is -1.83. The summed E-state index contributed by atoms with van der Waals surface area (Å²) in [7, 11) is 0. The van der Waals surface area contributed by atoms with Crippen molar-refractivity contribution in [2.75, 3.05) is 6.54 Å². The quantitative estimate of drug-likeness (QED) is 0.882. The van der Waals surface area contributed by atoms with Crippen molar-refractivity contribution in [2.24, 2.45) is 5.41 Å². The third kappa shape index (κ3) is 4.37. The first-order chi connectivity index (χ1) is 9.44. The fraction of sp³-hybridized carbons (Fsp3) is 0.389. The van der Waals surface area contributed by atoms with Gasteiger partial charge in [-0.25, -0.2) is 0 Å². The van der Waals surface area contributed by atoms with Crippen LogP contribution >= 0.6 is 0 Å². The molecule has 0 aliphatic heterocycles. The first-order valence-electron chi connectivity index (χ1n) is 7.16.